The van der Waals surface area contributed by atoms with Crippen molar-refractivity contribution in [3.05, 3.63) is 0 Å². The fraction of sp³-hybridized carbons (Fsp3) is 0.750. The van der Waals surface area contributed by atoms with Crippen LogP contribution >= 0.6 is 0 Å². The van der Waals surface area contributed by atoms with E-state index in [0.717, 1.165) is 0 Å². The molecule has 0 saturated carbocycles. The van der Waals surface area contributed by atoms with Crippen LogP contribution in [0.25, 0.3) is 0 Å². The topological polar surface area (TPSA) is 90.4 Å². The molecule has 0 aliphatic heterocycles. The van der Waals surface area contributed by atoms with Gasteiger partial charge in [0.05, 0.1) is 0 Å². The van der Waals surface area contributed by atoms with E-state index in [1.807, 2.05) is 0 Å². The second kappa shape index (κ2) is 2.77. The third kappa shape index (κ3) is 3.89. The molecule has 0 atom stereocenters. The molecule has 0 aromatic heterocycles. The zero-order valence-electron chi connectivity index (χ0n) is 5.47. The molecule has 9 heavy (non-hydrogen) atoms. The molecular formula is C4H11N3O2. The molecule has 5 N–H and O–H groups in total. The van der Waals surface area contributed by atoms with Crippen LogP contribution in [-0.4, -0.2) is 19.0 Å². The molecule has 0 amide bonds. The first-order valence-electron chi connectivity index (χ1n) is 2.44. The average molecular weight is 133 g/mol. The van der Waals surface area contributed by atoms with E-state index >= 15 is 0 Å². The molecule has 0 fully saturated rings. The van der Waals surface area contributed by atoms with Crippen LogP contribution in [0.15, 0.2) is 0 Å². The summed E-state index contributed by atoms with van der Waals surface area (Å²) in [5.74, 6) is -2.05. The number of nitrogens with two attached hydrogens (primary N) is 2. The predicted molar refractivity (Wildman–Crippen MR) is 31.9 cm³/mol. The van der Waals surface area contributed by atoms with Gasteiger partial charge in [-0.25, -0.2) is 0 Å². The van der Waals surface area contributed by atoms with Crippen LogP contribution < -0.4 is 16.8 Å². The minimum Gasteiger partial charge on any atom is -0.416 e. The quantitative estimate of drug-likeness (QED) is 0.308. The van der Waals surface area contributed by atoms with E-state index in [9.17, 15) is 4.79 Å². The fourth-order valence-electron chi connectivity index (χ4n) is 0.289. The summed E-state index contributed by atoms with van der Waals surface area (Å²) >= 11 is 0. The first kappa shape index (κ1) is 8.35. The fourth-order valence-corrected chi connectivity index (χ4v) is 0.289. The van der Waals surface area contributed by atoms with Gasteiger partial charge in [0.2, 0.25) is 0 Å². The van der Waals surface area contributed by atoms with Gasteiger partial charge in [0, 0.05) is 6.92 Å². The van der Waals surface area contributed by atoms with E-state index in [-0.39, 0.29) is 0 Å². The van der Waals surface area contributed by atoms with Crippen LogP contribution in [0.3, 0.4) is 0 Å². The van der Waals surface area contributed by atoms with Crippen LogP contribution in [0.2, 0.25) is 0 Å². The molecule has 0 spiro atoms. The van der Waals surface area contributed by atoms with Crippen LogP contribution in [0, 0.1) is 0 Å². The summed E-state index contributed by atoms with van der Waals surface area (Å²) in [4.78, 5) is 10.2. The van der Waals surface area contributed by atoms with Gasteiger partial charge in [-0.3, -0.25) is 21.6 Å². The molecule has 0 aliphatic carbocycles. The van der Waals surface area contributed by atoms with E-state index in [1.165, 1.54) is 14.0 Å². The van der Waals surface area contributed by atoms with Crippen LogP contribution in [0.5, 0.6) is 0 Å². The van der Waals surface area contributed by atoms with Crippen molar-refractivity contribution in [1.29, 1.82) is 0 Å². The number of ether oxygens (including phenoxy) is 1. The Morgan fingerprint density at radius 1 is 1.67 bits per heavy atom. The van der Waals surface area contributed by atoms with E-state index in [4.69, 9.17) is 11.5 Å². The number of hydrogen-bond donors (Lipinski definition) is 3. The SMILES string of the molecule is CNC(N)(N)OC(C)=O. The van der Waals surface area contributed by atoms with Gasteiger partial charge in [-0.15, -0.1) is 0 Å². The lowest BCUT2D eigenvalue weighted by molar-refractivity contribution is -0.158. The lowest BCUT2D eigenvalue weighted by Crippen LogP contribution is -2.62. The van der Waals surface area contributed by atoms with Gasteiger partial charge in [0.1, 0.15) is 0 Å². The molecule has 0 saturated heterocycles. The monoisotopic (exact) mass is 133 g/mol. The number of esters is 1. The van der Waals surface area contributed by atoms with Crippen molar-refractivity contribution in [2.45, 2.75) is 12.9 Å². The summed E-state index contributed by atoms with van der Waals surface area (Å²) in [5, 5.41) is 2.39. The molecule has 0 unspecified atom stereocenters. The molecule has 0 bridgehead atoms. The lowest BCUT2D eigenvalue weighted by Gasteiger charge is -2.21. The predicted octanol–water partition coefficient (Wildman–Crippen LogP) is -1.70. The maximum absolute atomic E-state index is 10.2. The first-order chi connectivity index (χ1) is 3.98. The van der Waals surface area contributed by atoms with Gasteiger partial charge in [-0.1, -0.05) is 0 Å². The largest absolute Gasteiger partial charge is 0.416 e. The Bertz CT molecular complexity index is 112. The smallest absolute Gasteiger partial charge is 0.306 e. The van der Waals surface area contributed by atoms with Crippen molar-refractivity contribution in [3.8, 4) is 0 Å². The van der Waals surface area contributed by atoms with Gasteiger partial charge >= 0.3 is 5.97 Å². The highest BCUT2D eigenvalue weighted by atomic mass is 16.6. The minimum atomic E-state index is -1.54. The maximum atomic E-state index is 10.2. The normalized spacial score (nSPS) is 11.1. The molecule has 5 heteroatoms. The summed E-state index contributed by atoms with van der Waals surface area (Å²) in [6, 6.07) is 0. The Morgan fingerprint density at radius 3 is 2.22 bits per heavy atom. The van der Waals surface area contributed by atoms with Crippen molar-refractivity contribution in [3.63, 3.8) is 0 Å². The highest BCUT2D eigenvalue weighted by Gasteiger charge is 2.18. The van der Waals surface area contributed by atoms with Gasteiger partial charge in [-0.2, -0.15) is 0 Å². The lowest BCUT2D eigenvalue weighted by atomic mass is 10.7. The Labute approximate surface area is 53.3 Å². The number of nitrogens with one attached hydrogen (secondary N) is 1. The van der Waals surface area contributed by atoms with Crippen LogP contribution in [0.4, 0.5) is 0 Å². The van der Waals surface area contributed by atoms with E-state index in [0.29, 0.717) is 0 Å². The molecule has 0 rings (SSSR count). The molecule has 5 nitrogen and oxygen atoms in total. The van der Waals surface area contributed by atoms with Crippen LogP contribution in [-0.2, 0) is 9.53 Å². The number of carbonyl (C=O) groups excluding carboxylic acids is 1. The average Bonchev–Trinajstić information content (AvgIpc) is 1.63. The Morgan fingerprint density at radius 2 is 2.11 bits per heavy atom. The highest BCUT2D eigenvalue weighted by Crippen LogP contribution is 1.85. The molecule has 0 heterocycles. The third-order valence-corrected chi connectivity index (χ3v) is 0.703. The van der Waals surface area contributed by atoms with Gasteiger partial charge < -0.3 is 4.74 Å². The zero-order chi connectivity index (χ0) is 7.49. The molecule has 0 aromatic rings. The second-order valence-corrected chi connectivity index (χ2v) is 1.64. The molecule has 0 aliphatic rings. The zero-order valence-corrected chi connectivity index (χ0v) is 5.47. The van der Waals surface area contributed by atoms with Gasteiger partial charge in [-0.05, 0) is 7.05 Å². The second-order valence-electron chi connectivity index (χ2n) is 1.64. The van der Waals surface area contributed by atoms with Crippen molar-refractivity contribution >= 4 is 5.97 Å². The van der Waals surface area contributed by atoms with E-state index < -0.39 is 11.9 Å². The van der Waals surface area contributed by atoms with E-state index in [1.54, 1.807) is 0 Å². The summed E-state index contributed by atoms with van der Waals surface area (Å²) < 4.78 is 4.39. The number of carbonyl (C=O) groups is 1. The summed E-state index contributed by atoms with van der Waals surface area (Å²) in [6.45, 7) is 1.23. The molecule has 0 aromatic carbocycles. The van der Waals surface area contributed by atoms with Gasteiger partial charge in [0.25, 0.3) is 5.97 Å². The molecule has 54 valence electrons. The van der Waals surface area contributed by atoms with Crippen molar-refractivity contribution in [1.82, 2.24) is 5.32 Å². The highest BCUT2D eigenvalue weighted by molar-refractivity contribution is 5.66. The first-order valence-corrected chi connectivity index (χ1v) is 2.44. The standard InChI is InChI=1S/C4H11N3O2/c1-3(8)9-4(5,6)7-2/h7H,5-6H2,1-2H3. The van der Waals surface area contributed by atoms with E-state index in [2.05, 4.69) is 10.1 Å². The molecular weight excluding hydrogens is 122 g/mol. The van der Waals surface area contributed by atoms with Crippen LogP contribution in [0.1, 0.15) is 6.92 Å². The van der Waals surface area contributed by atoms with Crippen molar-refractivity contribution in [2.75, 3.05) is 7.05 Å². The minimum absolute atomic E-state index is 0.519. The third-order valence-electron chi connectivity index (χ3n) is 0.703. The Hall–Kier alpha value is -0.650. The number of hydrogen-bond acceptors (Lipinski definition) is 5. The van der Waals surface area contributed by atoms with Crippen molar-refractivity contribution < 1.29 is 9.53 Å². The number of rotatable bonds is 2. The Balaban J connectivity index is 3.71. The van der Waals surface area contributed by atoms with Gasteiger partial charge in [0.15, 0.2) is 0 Å². The summed E-state index contributed by atoms with van der Waals surface area (Å²) in [5.41, 5.74) is 10.3. The Kier molecular flexibility index (Phi) is 2.57. The summed E-state index contributed by atoms with van der Waals surface area (Å²) in [7, 11) is 1.49. The summed E-state index contributed by atoms with van der Waals surface area (Å²) in [6.07, 6.45) is 0. The maximum Gasteiger partial charge on any atom is 0.306 e. The molecule has 0 radical (unpaired) electrons. The van der Waals surface area contributed by atoms with Crippen molar-refractivity contribution in [2.24, 2.45) is 11.5 Å².